The van der Waals surface area contributed by atoms with Crippen LogP contribution in [0, 0.1) is 5.92 Å². The van der Waals surface area contributed by atoms with Crippen LogP contribution in [0.3, 0.4) is 0 Å². The average Bonchev–Trinajstić information content (AvgIpc) is 2.41. The van der Waals surface area contributed by atoms with Gasteiger partial charge >= 0.3 is 0 Å². The molecule has 0 radical (unpaired) electrons. The van der Waals surface area contributed by atoms with Gasteiger partial charge in [-0.1, -0.05) is 56.3 Å². The fourth-order valence-electron chi connectivity index (χ4n) is 1.82. The van der Waals surface area contributed by atoms with Crippen LogP contribution in [0.1, 0.15) is 39.5 Å². The van der Waals surface area contributed by atoms with Crippen LogP contribution in [-0.4, -0.2) is 18.6 Å². The number of pyridine rings is 1. The van der Waals surface area contributed by atoms with Crippen molar-refractivity contribution in [1.82, 2.24) is 4.98 Å². The Morgan fingerprint density at radius 1 is 1.32 bits per heavy atom. The molecule has 1 aromatic heterocycles. The maximum atomic E-state index is 6.09. The third-order valence-electron chi connectivity index (χ3n) is 3.13. The molecule has 19 heavy (non-hydrogen) atoms. The molecule has 108 valence electrons. The van der Waals surface area contributed by atoms with Gasteiger partial charge in [0.05, 0.1) is 11.6 Å². The van der Waals surface area contributed by atoms with Gasteiger partial charge in [0.25, 0.3) is 0 Å². The van der Waals surface area contributed by atoms with Crippen molar-refractivity contribution in [3.63, 3.8) is 0 Å². The van der Waals surface area contributed by atoms with Crippen LogP contribution in [0.5, 0.6) is 5.88 Å². The Bertz CT molecular complexity index is 399. The van der Waals surface area contributed by atoms with Crippen molar-refractivity contribution in [2.24, 2.45) is 5.92 Å². The summed E-state index contributed by atoms with van der Waals surface area (Å²) in [5.74, 6) is 1.58. The first-order chi connectivity index (χ1) is 9.12. The van der Waals surface area contributed by atoms with E-state index in [1.165, 1.54) is 19.3 Å². The summed E-state index contributed by atoms with van der Waals surface area (Å²) in [4.78, 5) is 4.28. The molecule has 1 N–H and O–H groups in total. The maximum absolute atomic E-state index is 6.09. The SMILES string of the molecule is CCCCC(CC)COc1nc(NC)c(Cl)cc1Cl. The van der Waals surface area contributed by atoms with Gasteiger partial charge in [-0.15, -0.1) is 0 Å². The molecule has 0 aliphatic carbocycles. The lowest BCUT2D eigenvalue weighted by molar-refractivity contribution is 0.226. The van der Waals surface area contributed by atoms with Gasteiger partial charge in [-0.05, 0) is 18.4 Å². The Hall–Kier alpha value is -0.670. The van der Waals surface area contributed by atoms with Gasteiger partial charge in [-0.2, -0.15) is 4.98 Å². The van der Waals surface area contributed by atoms with Crippen molar-refractivity contribution in [2.75, 3.05) is 19.0 Å². The van der Waals surface area contributed by atoms with Gasteiger partial charge in [-0.25, -0.2) is 0 Å². The van der Waals surface area contributed by atoms with Gasteiger partial charge in [0, 0.05) is 7.05 Å². The standard InChI is InChI=1S/C14H22Cl2N2O/c1-4-6-7-10(5-2)9-19-14-12(16)8-11(15)13(17-3)18-14/h8,10H,4-7,9H2,1-3H3,(H,17,18). The molecule has 0 fully saturated rings. The van der Waals surface area contributed by atoms with Crippen LogP contribution in [0.25, 0.3) is 0 Å². The first kappa shape index (κ1) is 16.4. The number of halogens is 2. The van der Waals surface area contributed by atoms with E-state index in [0.29, 0.717) is 34.3 Å². The second kappa shape index (κ2) is 8.49. The molecule has 5 heteroatoms. The molecule has 0 bridgehead atoms. The Morgan fingerprint density at radius 2 is 2.05 bits per heavy atom. The number of aromatic nitrogens is 1. The summed E-state index contributed by atoms with van der Waals surface area (Å²) in [7, 11) is 1.77. The van der Waals surface area contributed by atoms with Crippen molar-refractivity contribution in [1.29, 1.82) is 0 Å². The monoisotopic (exact) mass is 304 g/mol. The zero-order valence-corrected chi connectivity index (χ0v) is 13.3. The largest absolute Gasteiger partial charge is 0.476 e. The van der Waals surface area contributed by atoms with Crippen LogP contribution >= 0.6 is 23.2 Å². The minimum absolute atomic E-state index is 0.449. The third-order valence-corrected chi connectivity index (χ3v) is 3.69. The second-order valence-electron chi connectivity index (χ2n) is 4.58. The topological polar surface area (TPSA) is 34.1 Å². The van der Waals surface area contributed by atoms with Gasteiger partial charge in [0.2, 0.25) is 5.88 Å². The highest BCUT2D eigenvalue weighted by atomic mass is 35.5. The first-order valence-corrected chi connectivity index (χ1v) is 7.54. The van der Waals surface area contributed by atoms with Crippen molar-refractivity contribution in [3.8, 4) is 5.88 Å². The van der Waals surface area contributed by atoms with E-state index in [9.17, 15) is 0 Å². The molecule has 1 aromatic rings. The van der Waals surface area contributed by atoms with Crippen molar-refractivity contribution in [3.05, 3.63) is 16.1 Å². The molecule has 0 spiro atoms. The van der Waals surface area contributed by atoms with Crippen LogP contribution in [0.15, 0.2) is 6.07 Å². The normalized spacial score (nSPS) is 12.3. The van der Waals surface area contributed by atoms with E-state index in [1.807, 2.05) is 0 Å². The molecule has 1 rings (SSSR count). The zero-order chi connectivity index (χ0) is 14.3. The quantitative estimate of drug-likeness (QED) is 0.732. The van der Waals surface area contributed by atoms with Gasteiger partial charge in [0.15, 0.2) is 0 Å². The summed E-state index contributed by atoms with van der Waals surface area (Å²) < 4.78 is 5.74. The van der Waals surface area contributed by atoms with E-state index in [2.05, 4.69) is 24.1 Å². The number of nitrogens with one attached hydrogen (secondary N) is 1. The van der Waals surface area contributed by atoms with E-state index in [-0.39, 0.29) is 0 Å². The van der Waals surface area contributed by atoms with Crippen LogP contribution in [0.2, 0.25) is 10.0 Å². The smallest absolute Gasteiger partial charge is 0.234 e. The van der Waals surface area contributed by atoms with Gasteiger partial charge < -0.3 is 10.1 Å². The maximum Gasteiger partial charge on any atom is 0.234 e. The van der Waals surface area contributed by atoms with E-state index < -0.39 is 0 Å². The summed E-state index contributed by atoms with van der Waals surface area (Å²) in [6.45, 7) is 5.03. The minimum Gasteiger partial charge on any atom is -0.476 e. The van der Waals surface area contributed by atoms with Crippen LogP contribution in [-0.2, 0) is 0 Å². The zero-order valence-electron chi connectivity index (χ0n) is 11.8. The molecule has 1 atom stereocenters. The highest BCUT2D eigenvalue weighted by Crippen LogP contribution is 2.31. The lowest BCUT2D eigenvalue weighted by atomic mass is 10.0. The van der Waals surface area contributed by atoms with E-state index in [0.717, 1.165) is 6.42 Å². The first-order valence-electron chi connectivity index (χ1n) is 6.78. The number of ether oxygens (including phenoxy) is 1. The Morgan fingerprint density at radius 3 is 2.63 bits per heavy atom. The number of rotatable bonds is 8. The summed E-state index contributed by atoms with van der Waals surface area (Å²) in [6, 6.07) is 1.66. The predicted molar refractivity (Wildman–Crippen MR) is 82.6 cm³/mol. The second-order valence-corrected chi connectivity index (χ2v) is 5.40. The molecule has 0 saturated heterocycles. The summed E-state index contributed by atoms with van der Waals surface area (Å²) in [5.41, 5.74) is 0. The number of hydrogen-bond acceptors (Lipinski definition) is 3. The number of unbranched alkanes of at least 4 members (excludes halogenated alkanes) is 1. The van der Waals surface area contributed by atoms with E-state index in [4.69, 9.17) is 27.9 Å². The predicted octanol–water partition coefficient (Wildman–Crippen LogP) is 5.03. The number of hydrogen-bond donors (Lipinski definition) is 1. The summed E-state index contributed by atoms with van der Waals surface area (Å²) >= 11 is 12.1. The van der Waals surface area contributed by atoms with Crippen LogP contribution < -0.4 is 10.1 Å². The van der Waals surface area contributed by atoms with E-state index >= 15 is 0 Å². The lowest BCUT2D eigenvalue weighted by Gasteiger charge is -2.16. The Kier molecular flexibility index (Phi) is 7.32. The average molecular weight is 305 g/mol. The third kappa shape index (κ3) is 5.07. The van der Waals surface area contributed by atoms with Gasteiger partial charge in [0.1, 0.15) is 10.8 Å². The Labute approximate surface area is 125 Å². The molecule has 0 aromatic carbocycles. The Balaban J connectivity index is 2.65. The highest BCUT2D eigenvalue weighted by Gasteiger charge is 2.12. The molecule has 1 heterocycles. The minimum atomic E-state index is 0.449. The number of nitrogens with zero attached hydrogens (tertiary/aromatic N) is 1. The molecule has 3 nitrogen and oxygen atoms in total. The molecule has 0 aliphatic rings. The van der Waals surface area contributed by atoms with Crippen molar-refractivity contribution < 1.29 is 4.74 Å². The van der Waals surface area contributed by atoms with Crippen LogP contribution in [0.4, 0.5) is 5.82 Å². The summed E-state index contributed by atoms with van der Waals surface area (Å²) in [6.07, 6.45) is 4.72. The highest BCUT2D eigenvalue weighted by molar-refractivity contribution is 6.36. The fourth-order valence-corrected chi connectivity index (χ4v) is 2.33. The molecule has 1 unspecified atom stereocenters. The molecule has 0 amide bonds. The molecule has 0 aliphatic heterocycles. The van der Waals surface area contributed by atoms with Gasteiger partial charge in [-0.3, -0.25) is 0 Å². The van der Waals surface area contributed by atoms with Crippen molar-refractivity contribution in [2.45, 2.75) is 39.5 Å². The lowest BCUT2D eigenvalue weighted by Crippen LogP contribution is -2.12. The fraction of sp³-hybridized carbons (Fsp3) is 0.643. The summed E-state index contributed by atoms with van der Waals surface area (Å²) in [5, 5.41) is 3.87. The molecule has 0 saturated carbocycles. The molecular weight excluding hydrogens is 283 g/mol. The molecular formula is C14H22Cl2N2O. The van der Waals surface area contributed by atoms with Crippen molar-refractivity contribution >= 4 is 29.0 Å². The van der Waals surface area contributed by atoms with E-state index in [1.54, 1.807) is 13.1 Å². The number of anilines is 1.